The van der Waals surface area contributed by atoms with Crippen LogP contribution < -0.4 is 5.73 Å². The van der Waals surface area contributed by atoms with E-state index in [1.165, 1.54) is 60.6 Å². The predicted octanol–water partition coefficient (Wildman–Crippen LogP) is 4.34. The molecule has 23 heavy (non-hydrogen) atoms. The first-order chi connectivity index (χ1) is 11.2. The standard InChI is InChI=1S/C16H20N4S3/c17-14-19-20-15(23-14)22-8-12-7-21-13(18-12)16-4-9-1-10(5-16)3-11(2-9)6-16/h7,9-11H,1-6,8H2,(H2,17,19). The van der Waals surface area contributed by atoms with Crippen LogP contribution in [0.15, 0.2) is 9.72 Å². The van der Waals surface area contributed by atoms with E-state index in [4.69, 9.17) is 10.7 Å². The molecule has 6 rings (SSSR count). The fraction of sp³-hybridized carbons (Fsp3) is 0.688. The number of nitrogens with two attached hydrogens (primary N) is 1. The van der Waals surface area contributed by atoms with Crippen molar-refractivity contribution in [3.63, 3.8) is 0 Å². The predicted molar refractivity (Wildman–Crippen MR) is 95.8 cm³/mol. The van der Waals surface area contributed by atoms with Gasteiger partial charge in [0.1, 0.15) is 0 Å². The van der Waals surface area contributed by atoms with Crippen molar-refractivity contribution in [2.24, 2.45) is 17.8 Å². The molecule has 122 valence electrons. The average Bonchev–Trinajstić information content (AvgIpc) is 3.13. The maximum atomic E-state index is 5.64. The number of rotatable bonds is 4. The van der Waals surface area contributed by atoms with Crippen LogP contribution in [0.4, 0.5) is 5.13 Å². The van der Waals surface area contributed by atoms with E-state index < -0.39 is 0 Å². The van der Waals surface area contributed by atoms with Crippen LogP contribution >= 0.6 is 34.4 Å². The first-order valence-corrected chi connectivity index (χ1v) is 11.0. The average molecular weight is 365 g/mol. The minimum absolute atomic E-state index is 0.426. The largest absolute Gasteiger partial charge is 0.374 e. The van der Waals surface area contributed by atoms with Crippen molar-refractivity contribution in [3.8, 4) is 0 Å². The Balaban J connectivity index is 1.33. The number of hydrogen-bond donors (Lipinski definition) is 1. The van der Waals surface area contributed by atoms with Gasteiger partial charge in [0, 0.05) is 16.5 Å². The van der Waals surface area contributed by atoms with Crippen LogP contribution in [0.1, 0.15) is 49.2 Å². The lowest BCUT2D eigenvalue weighted by Gasteiger charge is -2.56. The molecule has 4 aliphatic carbocycles. The molecule has 2 N–H and O–H groups in total. The summed E-state index contributed by atoms with van der Waals surface area (Å²) < 4.78 is 0.937. The third-order valence-electron chi connectivity index (χ3n) is 5.81. The fourth-order valence-electron chi connectivity index (χ4n) is 5.40. The summed E-state index contributed by atoms with van der Waals surface area (Å²) in [5.74, 6) is 3.81. The van der Waals surface area contributed by atoms with E-state index in [0.717, 1.165) is 27.8 Å². The van der Waals surface area contributed by atoms with Gasteiger partial charge in [-0.1, -0.05) is 23.1 Å². The van der Waals surface area contributed by atoms with Crippen molar-refractivity contribution in [1.29, 1.82) is 0 Å². The molecule has 4 fully saturated rings. The van der Waals surface area contributed by atoms with Gasteiger partial charge >= 0.3 is 0 Å². The zero-order chi connectivity index (χ0) is 15.4. The Hall–Kier alpha value is -0.660. The van der Waals surface area contributed by atoms with Gasteiger partial charge in [0.2, 0.25) is 5.13 Å². The van der Waals surface area contributed by atoms with Crippen LogP contribution in [0.25, 0.3) is 0 Å². The summed E-state index contributed by atoms with van der Waals surface area (Å²) in [5, 5.41) is 12.2. The van der Waals surface area contributed by atoms with E-state index in [9.17, 15) is 0 Å². The Morgan fingerprint density at radius 2 is 1.83 bits per heavy atom. The molecule has 0 aromatic carbocycles. The quantitative estimate of drug-likeness (QED) is 0.818. The normalized spacial score (nSPS) is 35.0. The van der Waals surface area contributed by atoms with Crippen molar-refractivity contribution < 1.29 is 0 Å². The van der Waals surface area contributed by atoms with E-state index in [2.05, 4.69) is 15.6 Å². The van der Waals surface area contributed by atoms with Gasteiger partial charge in [-0.25, -0.2) is 4.98 Å². The maximum absolute atomic E-state index is 5.64. The second-order valence-electron chi connectivity index (χ2n) is 7.54. The van der Waals surface area contributed by atoms with Crippen LogP contribution in [-0.4, -0.2) is 15.2 Å². The van der Waals surface area contributed by atoms with Gasteiger partial charge in [-0.05, 0) is 56.3 Å². The highest BCUT2D eigenvalue weighted by molar-refractivity contribution is 8.00. The highest BCUT2D eigenvalue weighted by Gasteiger charge is 2.52. The van der Waals surface area contributed by atoms with Gasteiger partial charge < -0.3 is 5.73 Å². The molecule has 2 aromatic rings. The van der Waals surface area contributed by atoms with Crippen molar-refractivity contribution in [2.45, 2.75) is 54.0 Å². The number of thiazole rings is 1. The molecule has 2 aromatic heterocycles. The van der Waals surface area contributed by atoms with E-state index in [1.54, 1.807) is 11.8 Å². The van der Waals surface area contributed by atoms with E-state index in [-0.39, 0.29) is 0 Å². The Morgan fingerprint density at radius 3 is 2.43 bits per heavy atom. The number of anilines is 1. The third-order valence-corrected chi connectivity index (χ3v) is 8.87. The van der Waals surface area contributed by atoms with E-state index >= 15 is 0 Å². The zero-order valence-electron chi connectivity index (χ0n) is 12.9. The van der Waals surface area contributed by atoms with Crippen LogP contribution in [-0.2, 0) is 11.2 Å². The van der Waals surface area contributed by atoms with Gasteiger partial charge in [0.05, 0.1) is 10.7 Å². The topological polar surface area (TPSA) is 64.7 Å². The first-order valence-electron chi connectivity index (χ1n) is 8.35. The van der Waals surface area contributed by atoms with Gasteiger partial charge in [0.25, 0.3) is 0 Å². The zero-order valence-corrected chi connectivity index (χ0v) is 15.4. The van der Waals surface area contributed by atoms with Gasteiger partial charge in [0.15, 0.2) is 4.34 Å². The number of nitrogen functional groups attached to an aromatic ring is 1. The highest BCUT2D eigenvalue weighted by atomic mass is 32.2. The third kappa shape index (κ3) is 2.61. The monoisotopic (exact) mass is 364 g/mol. The molecule has 0 aliphatic heterocycles. The van der Waals surface area contributed by atoms with Gasteiger partial charge in [-0.3, -0.25) is 0 Å². The molecule has 0 saturated heterocycles. The second-order valence-corrected chi connectivity index (χ2v) is 10.6. The van der Waals surface area contributed by atoms with Crippen LogP contribution in [0.3, 0.4) is 0 Å². The minimum atomic E-state index is 0.426. The smallest absolute Gasteiger partial charge is 0.203 e. The molecule has 0 atom stereocenters. The highest BCUT2D eigenvalue weighted by Crippen LogP contribution is 2.61. The molecule has 4 bridgehead atoms. The molecule has 4 aliphatic rings. The van der Waals surface area contributed by atoms with Crippen LogP contribution in [0, 0.1) is 17.8 Å². The van der Waals surface area contributed by atoms with Gasteiger partial charge in [-0.15, -0.1) is 21.5 Å². The molecule has 0 amide bonds. The van der Waals surface area contributed by atoms with E-state index in [0.29, 0.717) is 10.5 Å². The van der Waals surface area contributed by atoms with Crippen molar-refractivity contribution >= 4 is 39.6 Å². The van der Waals surface area contributed by atoms with Gasteiger partial charge in [-0.2, -0.15) is 0 Å². The summed E-state index contributed by atoms with van der Waals surface area (Å²) in [5.41, 5.74) is 7.26. The minimum Gasteiger partial charge on any atom is -0.374 e. The van der Waals surface area contributed by atoms with Crippen molar-refractivity contribution in [3.05, 3.63) is 16.1 Å². The Kier molecular flexibility index (Phi) is 3.46. The van der Waals surface area contributed by atoms with Crippen molar-refractivity contribution in [1.82, 2.24) is 15.2 Å². The summed E-state index contributed by atoms with van der Waals surface area (Å²) in [6, 6.07) is 0. The fourth-order valence-corrected chi connectivity index (χ4v) is 8.09. The Bertz CT molecular complexity index is 687. The molecule has 0 spiro atoms. The first kappa shape index (κ1) is 14.7. The lowest BCUT2D eigenvalue weighted by molar-refractivity contribution is -0.00532. The summed E-state index contributed by atoms with van der Waals surface area (Å²) in [7, 11) is 0. The molecular weight excluding hydrogens is 344 g/mol. The molecule has 7 heteroatoms. The SMILES string of the molecule is Nc1nnc(SCc2csc(C34CC5CC(CC(C5)C3)C4)n2)s1. The summed E-state index contributed by atoms with van der Waals surface area (Å²) in [6.07, 6.45) is 8.66. The lowest BCUT2D eigenvalue weighted by Crippen LogP contribution is -2.48. The number of nitrogens with zero attached hydrogens (tertiary/aromatic N) is 3. The summed E-state index contributed by atoms with van der Waals surface area (Å²) in [4.78, 5) is 5.05. The molecular formula is C16H20N4S3. The second kappa shape index (κ2) is 5.43. The Morgan fingerprint density at radius 1 is 1.13 bits per heavy atom. The van der Waals surface area contributed by atoms with E-state index in [1.807, 2.05) is 11.3 Å². The van der Waals surface area contributed by atoms with Crippen LogP contribution in [0.2, 0.25) is 0 Å². The van der Waals surface area contributed by atoms with Crippen molar-refractivity contribution in [2.75, 3.05) is 5.73 Å². The molecule has 0 unspecified atom stereocenters. The van der Waals surface area contributed by atoms with Crippen LogP contribution in [0.5, 0.6) is 0 Å². The Labute approximate surface area is 148 Å². The molecule has 4 nitrogen and oxygen atoms in total. The number of aromatic nitrogens is 3. The summed E-state index contributed by atoms with van der Waals surface area (Å²) in [6.45, 7) is 0. The number of hydrogen-bond acceptors (Lipinski definition) is 7. The number of thioether (sulfide) groups is 1. The molecule has 2 heterocycles. The molecule has 0 radical (unpaired) electrons. The lowest BCUT2D eigenvalue weighted by atomic mass is 9.50. The summed E-state index contributed by atoms with van der Waals surface area (Å²) >= 11 is 5.05. The molecule has 4 saturated carbocycles. The maximum Gasteiger partial charge on any atom is 0.203 e.